The fourth-order valence-electron chi connectivity index (χ4n) is 2.36. The van der Waals surface area contributed by atoms with Crippen LogP contribution in [0.3, 0.4) is 0 Å². The van der Waals surface area contributed by atoms with Gasteiger partial charge in [-0.15, -0.1) is 0 Å². The van der Waals surface area contributed by atoms with E-state index in [9.17, 15) is 0 Å². The fourth-order valence-corrected chi connectivity index (χ4v) is 2.36. The van der Waals surface area contributed by atoms with Crippen LogP contribution in [0.2, 0.25) is 0 Å². The molecule has 1 atom stereocenters. The van der Waals surface area contributed by atoms with E-state index in [2.05, 4.69) is 45.0 Å². The molecule has 0 aliphatic rings. The number of furan rings is 1. The molecule has 1 unspecified atom stereocenters. The number of hydrogen-bond donors (Lipinski definition) is 1. The molecular weight excluding hydrogens is 236 g/mol. The maximum absolute atomic E-state index is 5.12. The lowest BCUT2D eigenvalue weighted by Crippen LogP contribution is -2.41. The zero-order chi connectivity index (χ0) is 14.3. The van der Waals surface area contributed by atoms with Gasteiger partial charge in [-0.3, -0.25) is 0 Å². The minimum absolute atomic E-state index is 0.327. The summed E-state index contributed by atoms with van der Waals surface area (Å²) in [6.45, 7) is 13.4. The molecule has 3 nitrogen and oxygen atoms in total. The summed E-state index contributed by atoms with van der Waals surface area (Å²) in [5.41, 5.74) is 1.57. The SMILES string of the molecule is CCC(C)(CNCC(C)C)CN(C)Cc1ccoc1. The van der Waals surface area contributed by atoms with Crippen molar-refractivity contribution in [1.82, 2.24) is 10.2 Å². The average Bonchev–Trinajstić information content (AvgIpc) is 2.81. The predicted molar refractivity (Wildman–Crippen MR) is 81.1 cm³/mol. The van der Waals surface area contributed by atoms with Crippen molar-refractivity contribution in [3.63, 3.8) is 0 Å². The van der Waals surface area contributed by atoms with Crippen LogP contribution in [0, 0.1) is 11.3 Å². The summed E-state index contributed by atoms with van der Waals surface area (Å²) in [5, 5.41) is 3.60. The number of hydrogen-bond acceptors (Lipinski definition) is 3. The van der Waals surface area contributed by atoms with Crippen LogP contribution in [0.4, 0.5) is 0 Å². The van der Waals surface area contributed by atoms with Crippen molar-refractivity contribution in [3.05, 3.63) is 24.2 Å². The van der Waals surface area contributed by atoms with E-state index in [1.807, 2.05) is 12.3 Å². The lowest BCUT2D eigenvalue weighted by atomic mass is 9.86. The van der Waals surface area contributed by atoms with Crippen LogP contribution in [0.5, 0.6) is 0 Å². The van der Waals surface area contributed by atoms with Crippen LogP contribution in [0.25, 0.3) is 0 Å². The van der Waals surface area contributed by atoms with Gasteiger partial charge in [0.2, 0.25) is 0 Å². The molecule has 110 valence electrons. The Hall–Kier alpha value is -0.800. The first-order chi connectivity index (χ1) is 8.95. The van der Waals surface area contributed by atoms with Crippen LogP contribution < -0.4 is 5.32 Å². The highest BCUT2D eigenvalue weighted by atomic mass is 16.3. The summed E-state index contributed by atoms with van der Waals surface area (Å²) < 4.78 is 5.12. The normalized spacial score (nSPS) is 15.1. The lowest BCUT2D eigenvalue weighted by Gasteiger charge is -2.33. The maximum atomic E-state index is 5.12. The Kier molecular flexibility index (Phi) is 6.59. The molecule has 1 N–H and O–H groups in total. The molecule has 0 fully saturated rings. The Bertz CT molecular complexity index is 335. The van der Waals surface area contributed by atoms with E-state index >= 15 is 0 Å². The first kappa shape index (κ1) is 16.3. The Morgan fingerprint density at radius 1 is 1.42 bits per heavy atom. The summed E-state index contributed by atoms with van der Waals surface area (Å²) >= 11 is 0. The van der Waals surface area contributed by atoms with E-state index < -0.39 is 0 Å². The van der Waals surface area contributed by atoms with E-state index in [0.29, 0.717) is 11.3 Å². The topological polar surface area (TPSA) is 28.4 Å². The van der Waals surface area contributed by atoms with Crippen molar-refractivity contribution in [2.24, 2.45) is 11.3 Å². The van der Waals surface area contributed by atoms with Crippen LogP contribution in [0.1, 0.15) is 39.7 Å². The second kappa shape index (κ2) is 7.71. The first-order valence-electron chi connectivity index (χ1n) is 7.35. The van der Waals surface area contributed by atoms with Gasteiger partial charge in [0, 0.05) is 25.2 Å². The Morgan fingerprint density at radius 2 is 2.16 bits per heavy atom. The van der Waals surface area contributed by atoms with Gasteiger partial charge < -0.3 is 14.6 Å². The van der Waals surface area contributed by atoms with Crippen molar-refractivity contribution >= 4 is 0 Å². The van der Waals surface area contributed by atoms with Crippen molar-refractivity contribution in [2.75, 3.05) is 26.7 Å². The summed E-state index contributed by atoms with van der Waals surface area (Å²) in [6.07, 6.45) is 4.76. The van der Waals surface area contributed by atoms with Crippen molar-refractivity contribution < 1.29 is 4.42 Å². The molecule has 0 radical (unpaired) electrons. The van der Waals surface area contributed by atoms with Crippen LogP contribution in [-0.4, -0.2) is 31.6 Å². The molecule has 1 rings (SSSR count). The van der Waals surface area contributed by atoms with Crippen LogP contribution in [0.15, 0.2) is 23.0 Å². The molecule has 0 spiro atoms. The molecule has 0 amide bonds. The maximum Gasteiger partial charge on any atom is 0.0947 e. The third kappa shape index (κ3) is 6.26. The minimum atomic E-state index is 0.327. The number of nitrogens with one attached hydrogen (secondary N) is 1. The van der Waals surface area contributed by atoms with Gasteiger partial charge in [-0.25, -0.2) is 0 Å². The molecular formula is C16H30N2O. The lowest BCUT2D eigenvalue weighted by molar-refractivity contribution is 0.173. The van der Waals surface area contributed by atoms with Crippen LogP contribution in [-0.2, 0) is 6.54 Å². The Labute approximate surface area is 118 Å². The van der Waals surface area contributed by atoms with Gasteiger partial charge in [0.25, 0.3) is 0 Å². The molecule has 1 aromatic rings. The molecule has 1 aromatic heterocycles. The van der Waals surface area contributed by atoms with Gasteiger partial charge in [-0.05, 0) is 37.4 Å². The Balaban J connectivity index is 2.40. The third-order valence-electron chi connectivity index (χ3n) is 3.64. The van der Waals surface area contributed by atoms with Crippen molar-refractivity contribution in [3.8, 4) is 0 Å². The second-order valence-electron chi connectivity index (χ2n) is 6.49. The van der Waals surface area contributed by atoms with E-state index in [4.69, 9.17) is 4.42 Å². The van der Waals surface area contributed by atoms with Gasteiger partial charge >= 0.3 is 0 Å². The summed E-state index contributed by atoms with van der Waals surface area (Å²) in [4.78, 5) is 2.38. The van der Waals surface area contributed by atoms with Gasteiger partial charge in [0.15, 0.2) is 0 Å². The first-order valence-corrected chi connectivity index (χ1v) is 7.35. The van der Waals surface area contributed by atoms with Gasteiger partial charge in [-0.2, -0.15) is 0 Å². The van der Waals surface area contributed by atoms with E-state index in [1.165, 1.54) is 12.0 Å². The third-order valence-corrected chi connectivity index (χ3v) is 3.64. The molecule has 0 aliphatic carbocycles. The molecule has 19 heavy (non-hydrogen) atoms. The fraction of sp³-hybridized carbons (Fsp3) is 0.750. The zero-order valence-corrected chi connectivity index (χ0v) is 13.2. The molecule has 1 heterocycles. The van der Waals surface area contributed by atoms with Gasteiger partial charge in [-0.1, -0.05) is 27.7 Å². The zero-order valence-electron chi connectivity index (χ0n) is 13.2. The molecule has 0 aromatic carbocycles. The molecule has 3 heteroatoms. The summed E-state index contributed by atoms with van der Waals surface area (Å²) in [5.74, 6) is 0.713. The standard InChI is InChI=1S/C16H30N2O/c1-6-16(4,12-17-9-14(2)3)13-18(5)10-15-7-8-19-11-15/h7-8,11,14,17H,6,9-10,12-13H2,1-5H3. The molecule has 0 aliphatic heterocycles. The smallest absolute Gasteiger partial charge is 0.0947 e. The highest BCUT2D eigenvalue weighted by molar-refractivity contribution is 5.04. The van der Waals surface area contributed by atoms with Crippen molar-refractivity contribution in [2.45, 2.75) is 40.7 Å². The van der Waals surface area contributed by atoms with Gasteiger partial charge in [0.05, 0.1) is 12.5 Å². The average molecular weight is 266 g/mol. The van der Waals surface area contributed by atoms with Gasteiger partial charge in [0.1, 0.15) is 0 Å². The Morgan fingerprint density at radius 3 is 2.68 bits per heavy atom. The predicted octanol–water partition coefficient (Wildman–Crippen LogP) is 3.37. The minimum Gasteiger partial charge on any atom is -0.472 e. The molecule has 0 bridgehead atoms. The second-order valence-corrected chi connectivity index (χ2v) is 6.49. The number of nitrogens with zero attached hydrogens (tertiary/aromatic N) is 1. The molecule has 0 saturated heterocycles. The largest absolute Gasteiger partial charge is 0.472 e. The number of rotatable bonds is 9. The quantitative estimate of drug-likeness (QED) is 0.743. The van der Waals surface area contributed by atoms with E-state index in [0.717, 1.165) is 26.2 Å². The monoisotopic (exact) mass is 266 g/mol. The summed E-state index contributed by atoms with van der Waals surface area (Å²) in [7, 11) is 2.18. The highest BCUT2D eigenvalue weighted by Gasteiger charge is 2.23. The van der Waals surface area contributed by atoms with E-state index in [1.54, 1.807) is 6.26 Å². The molecule has 0 saturated carbocycles. The van der Waals surface area contributed by atoms with Crippen molar-refractivity contribution in [1.29, 1.82) is 0 Å². The van der Waals surface area contributed by atoms with E-state index in [-0.39, 0.29) is 0 Å². The highest BCUT2D eigenvalue weighted by Crippen LogP contribution is 2.22. The van der Waals surface area contributed by atoms with Crippen LogP contribution >= 0.6 is 0 Å². The summed E-state index contributed by atoms with van der Waals surface area (Å²) in [6, 6.07) is 2.04.